The molecular formula is C24H23ClN2O6S2. The predicted octanol–water partition coefficient (Wildman–Crippen LogP) is 4.88. The lowest BCUT2D eigenvalue weighted by molar-refractivity contribution is 0.0695. The van der Waals surface area contributed by atoms with Gasteiger partial charge in [-0.15, -0.1) is 11.3 Å². The standard InChI is InChI=1S/C24H23ClN2O6S2/c1-15(17-5-2-3-6-18(17)25)33-21-12-22(34-23(21)24(29)30)27-14-26-19-8-7-16(11-20(19)27)13-35(31,32)10-4-9-28/h2-3,5-8,11-12,14-15,28H,4,9-10,13H2,1H3,(H,29,30)/t15-/m1/s1. The maximum absolute atomic E-state index is 12.3. The van der Waals surface area contributed by atoms with Crippen LogP contribution in [0, 0.1) is 0 Å². The van der Waals surface area contributed by atoms with Crippen LogP contribution in [0.4, 0.5) is 0 Å². The Morgan fingerprint density at radius 3 is 2.71 bits per heavy atom. The zero-order valence-corrected chi connectivity index (χ0v) is 21.1. The minimum atomic E-state index is -3.38. The molecule has 35 heavy (non-hydrogen) atoms. The van der Waals surface area contributed by atoms with Gasteiger partial charge in [-0.1, -0.05) is 35.9 Å². The van der Waals surface area contributed by atoms with Crippen LogP contribution in [0.15, 0.2) is 54.9 Å². The molecular weight excluding hydrogens is 512 g/mol. The number of hydrogen-bond donors (Lipinski definition) is 2. The number of rotatable bonds is 10. The summed E-state index contributed by atoms with van der Waals surface area (Å²) in [7, 11) is -3.38. The highest BCUT2D eigenvalue weighted by Crippen LogP contribution is 2.37. The maximum atomic E-state index is 12.3. The van der Waals surface area contributed by atoms with Crippen molar-refractivity contribution < 1.29 is 28.2 Å². The van der Waals surface area contributed by atoms with Crippen LogP contribution < -0.4 is 4.74 Å². The molecule has 2 heterocycles. The van der Waals surface area contributed by atoms with Crippen LogP contribution in [-0.4, -0.2) is 46.5 Å². The predicted molar refractivity (Wildman–Crippen MR) is 136 cm³/mol. The van der Waals surface area contributed by atoms with Gasteiger partial charge in [0.1, 0.15) is 23.2 Å². The Hall–Kier alpha value is -2.92. The molecule has 0 saturated heterocycles. The van der Waals surface area contributed by atoms with Crippen molar-refractivity contribution in [1.29, 1.82) is 0 Å². The lowest BCUT2D eigenvalue weighted by atomic mass is 10.1. The molecule has 1 atom stereocenters. The van der Waals surface area contributed by atoms with Crippen LogP contribution >= 0.6 is 22.9 Å². The summed E-state index contributed by atoms with van der Waals surface area (Å²) < 4.78 is 32.4. The van der Waals surface area contributed by atoms with E-state index in [-0.39, 0.29) is 35.2 Å². The minimum Gasteiger partial charge on any atom is -0.484 e. The van der Waals surface area contributed by atoms with Crippen LogP contribution in [-0.2, 0) is 15.6 Å². The van der Waals surface area contributed by atoms with Crippen molar-refractivity contribution >= 4 is 49.8 Å². The Morgan fingerprint density at radius 2 is 2.00 bits per heavy atom. The number of imidazole rings is 1. The van der Waals surface area contributed by atoms with Crippen LogP contribution in [0.25, 0.3) is 16.0 Å². The number of aliphatic hydroxyl groups excluding tert-OH is 1. The lowest BCUT2D eigenvalue weighted by Gasteiger charge is -2.15. The summed E-state index contributed by atoms with van der Waals surface area (Å²) in [5.74, 6) is -1.18. The van der Waals surface area contributed by atoms with Crippen molar-refractivity contribution in [2.24, 2.45) is 0 Å². The number of ether oxygens (including phenoxy) is 1. The molecule has 0 spiro atoms. The van der Waals surface area contributed by atoms with Crippen LogP contribution in [0.3, 0.4) is 0 Å². The van der Waals surface area contributed by atoms with Gasteiger partial charge < -0.3 is 14.9 Å². The molecule has 0 unspecified atom stereocenters. The van der Waals surface area contributed by atoms with Crippen molar-refractivity contribution in [2.75, 3.05) is 12.4 Å². The summed E-state index contributed by atoms with van der Waals surface area (Å²) in [6.07, 6.45) is 1.26. The van der Waals surface area contributed by atoms with E-state index in [0.29, 0.717) is 26.6 Å². The van der Waals surface area contributed by atoms with Gasteiger partial charge in [0.2, 0.25) is 0 Å². The average molecular weight is 535 g/mol. The van der Waals surface area contributed by atoms with Gasteiger partial charge in [0, 0.05) is 23.3 Å². The topological polar surface area (TPSA) is 119 Å². The van der Waals surface area contributed by atoms with Gasteiger partial charge in [0.25, 0.3) is 0 Å². The first kappa shape index (κ1) is 25.2. The van der Waals surface area contributed by atoms with Crippen molar-refractivity contribution in [1.82, 2.24) is 9.55 Å². The number of aromatic carboxylic acids is 1. The Balaban J connectivity index is 1.68. The first-order valence-corrected chi connectivity index (χ1v) is 13.8. The molecule has 184 valence electrons. The number of benzene rings is 2. The van der Waals surface area contributed by atoms with Crippen molar-refractivity contribution in [3.8, 4) is 10.8 Å². The molecule has 11 heteroatoms. The van der Waals surface area contributed by atoms with E-state index >= 15 is 0 Å². The third-order valence-electron chi connectivity index (χ3n) is 5.38. The summed E-state index contributed by atoms with van der Waals surface area (Å²) in [5.41, 5.74) is 2.59. The fraction of sp³-hybridized carbons (Fsp3) is 0.250. The normalized spacial score (nSPS) is 12.7. The fourth-order valence-electron chi connectivity index (χ4n) is 3.71. The number of carboxylic acid groups (broad SMARTS) is 1. The summed E-state index contributed by atoms with van der Waals surface area (Å²) in [4.78, 5) is 16.3. The first-order chi connectivity index (χ1) is 16.7. The molecule has 0 aliphatic heterocycles. The van der Waals surface area contributed by atoms with Crippen LogP contribution in [0.5, 0.6) is 5.75 Å². The molecule has 2 N–H and O–H groups in total. The Bertz CT molecular complexity index is 1480. The number of fused-ring (bicyclic) bond motifs is 1. The number of hydrogen-bond acceptors (Lipinski definition) is 7. The summed E-state index contributed by atoms with van der Waals surface area (Å²) in [6, 6.07) is 14.0. The second kappa shape index (κ2) is 10.4. The quantitative estimate of drug-likeness (QED) is 0.298. The van der Waals surface area contributed by atoms with Gasteiger partial charge in [-0.2, -0.15) is 0 Å². The SMILES string of the molecule is C[C@@H](Oc1cc(-n2cnc3ccc(CS(=O)(=O)CCCO)cc32)sc1C(=O)O)c1ccccc1Cl. The number of carbonyl (C=O) groups is 1. The minimum absolute atomic E-state index is 0.0310. The van der Waals surface area contributed by atoms with Crippen molar-refractivity contribution in [3.63, 3.8) is 0 Å². The molecule has 0 radical (unpaired) electrons. The molecule has 2 aromatic carbocycles. The van der Waals surface area contributed by atoms with E-state index in [2.05, 4.69) is 4.98 Å². The third kappa shape index (κ3) is 5.67. The number of aromatic nitrogens is 2. The molecule has 4 aromatic rings. The van der Waals surface area contributed by atoms with Crippen molar-refractivity contribution in [2.45, 2.75) is 25.2 Å². The first-order valence-electron chi connectivity index (χ1n) is 10.7. The smallest absolute Gasteiger partial charge is 0.349 e. The fourth-order valence-corrected chi connectivity index (χ4v) is 6.31. The highest BCUT2D eigenvalue weighted by Gasteiger charge is 2.22. The zero-order valence-electron chi connectivity index (χ0n) is 18.7. The van der Waals surface area contributed by atoms with Crippen molar-refractivity contribution in [3.05, 3.63) is 75.9 Å². The van der Waals surface area contributed by atoms with E-state index in [9.17, 15) is 18.3 Å². The third-order valence-corrected chi connectivity index (χ3v) is 8.51. The highest BCUT2D eigenvalue weighted by molar-refractivity contribution is 7.90. The van der Waals surface area contributed by atoms with E-state index in [1.807, 2.05) is 12.1 Å². The summed E-state index contributed by atoms with van der Waals surface area (Å²) in [6.45, 7) is 1.61. The van der Waals surface area contributed by atoms with Gasteiger partial charge in [0.15, 0.2) is 14.7 Å². The molecule has 0 amide bonds. The van der Waals surface area contributed by atoms with Gasteiger partial charge >= 0.3 is 5.97 Å². The van der Waals surface area contributed by atoms with Gasteiger partial charge in [-0.05, 0) is 37.1 Å². The highest BCUT2D eigenvalue weighted by atomic mass is 35.5. The zero-order chi connectivity index (χ0) is 25.2. The largest absolute Gasteiger partial charge is 0.484 e. The number of sulfone groups is 1. The van der Waals surface area contributed by atoms with Gasteiger partial charge in [-0.3, -0.25) is 4.57 Å². The molecule has 8 nitrogen and oxygen atoms in total. The monoisotopic (exact) mass is 534 g/mol. The second-order valence-corrected chi connectivity index (χ2v) is 11.6. The molecule has 2 aromatic heterocycles. The van der Waals surface area contributed by atoms with E-state index in [1.54, 1.807) is 54.2 Å². The Labute approximate surface area is 211 Å². The average Bonchev–Trinajstić information content (AvgIpc) is 3.41. The van der Waals surface area contributed by atoms with E-state index in [0.717, 1.165) is 16.9 Å². The molecule has 0 bridgehead atoms. The molecule has 0 fully saturated rings. The number of nitrogens with zero attached hydrogens (tertiary/aromatic N) is 2. The van der Waals surface area contributed by atoms with Gasteiger partial charge in [-0.25, -0.2) is 18.2 Å². The summed E-state index contributed by atoms with van der Waals surface area (Å²) >= 11 is 7.30. The van der Waals surface area contributed by atoms with E-state index in [4.69, 9.17) is 21.4 Å². The Kier molecular flexibility index (Phi) is 7.46. The molecule has 0 aliphatic carbocycles. The molecule has 4 rings (SSSR count). The van der Waals surface area contributed by atoms with Crippen LogP contribution in [0.1, 0.15) is 40.2 Å². The molecule has 0 aliphatic rings. The Morgan fingerprint density at radius 1 is 1.23 bits per heavy atom. The maximum Gasteiger partial charge on any atom is 0.349 e. The van der Waals surface area contributed by atoms with E-state index in [1.165, 1.54) is 0 Å². The number of halogens is 1. The number of carboxylic acids is 1. The summed E-state index contributed by atoms with van der Waals surface area (Å²) in [5, 5.41) is 19.8. The van der Waals surface area contributed by atoms with Crippen LogP contribution in [0.2, 0.25) is 5.02 Å². The second-order valence-electron chi connectivity index (χ2n) is 7.97. The number of thiophene rings is 1. The number of aliphatic hydroxyl groups is 1. The van der Waals surface area contributed by atoms with E-state index < -0.39 is 21.9 Å². The molecule has 0 saturated carbocycles. The van der Waals surface area contributed by atoms with Gasteiger partial charge in [0.05, 0.1) is 22.5 Å². The lowest BCUT2D eigenvalue weighted by Crippen LogP contribution is -2.10.